The highest BCUT2D eigenvalue weighted by molar-refractivity contribution is 4.91. The number of aromatic amines is 1. The van der Waals surface area contributed by atoms with Crippen molar-refractivity contribution in [3.63, 3.8) is 0 Å². The minimum atomic E-state index is -1.04. The van der Waals surface area contributed by atoms with Crippen molar-refractivity contribution >= 4 is 0 Å². The number of rotatable bonds is 3. The Bertz CT molecular complexity index is 173. The number of nitrogens with two attached hydrogens (primary N) is 1. The van der Waals surface area contributed by atoms with Crippen LogP contribution in [0.2, 0.25) is 0 Å². The molecule has 1 unspecified atom stereocenters. The van der Waals surface area contributed by atoms with Crippen molar-refractivity contribution in [1.29, 1.82) is 0 Å². The third-order valence-electron chi connectivity index (χ3n) is 1.24. The number of hydrogen-bond donors (Lipinski definition) is 2. The van der Waals surface area contributed by atoms with E-state index < -0.39 is 6.17 Å². The maximum Gasteiger partial charge on any atom is 0.159 e. The lowest BCUT2D eigenvalue weighted by atomic mass is 10.3. The average molecular weight is 143 g/mol. The van der Waals surface area contributed by atoms with Crippen LogP contribution >= 0.6 is 0 Å². The molecule has 0 aliphatic carbocycles. The number of halogens is 1. The molecule has 10 heavy (non-hydrogen) atoms. The Morgan fingerprint density at radius 2 is 2.60 bits per heavy atom. The molecule has 3 nitrogen and oxygen atoms in total. The molecule has 0 aromatic carbocycles. The number of nitrogens with one attached hydrogen (secondary N) is 1. The summed E-state index contributed by atoms with van der Waals surface area (Å²) in [5.74, 6) is 0.366. The van der Waals surface area contributed by atoms with Gasteiger partial charge in [0, 0.05) is 12.4 Å². The molecule has 4 heteroatoms. The van der Waals surface area contributed by atoms with Gasteiger partial charge < -0.3 is 10.7 Å². The highest BCUT2D eigenvalue weighted by atomic mass is 19.1. The summed E-state index contributed by atoms with van der Waals surface area (Å²) in [6.07, 6.45) is 2.41. The Labute approximate surface area is 58.5 Å². The van der Waals surface area contributed by atoms with Crippen LogP contribution in [0.15, 0.2) is 12.4 Å². The van der Waals surface area contributed by atoms with Gasteiger partial charge >= 0.3 is 0 Å². The van der Waals surface area contributed by atoms with Crippen molar-refractivity contribution in [2.75, 3.05) is 6.54 Å². The molecular formula is C6H10FN3. The van der Waals surface area contributed by atoms with Crippen molar-refractivity contribution in [2.24, 2.45) is 5.73 Å². The first-order valence-corrected chi connectivity index (χ1v) is 3.18. The summed E-state index contributed by atoms with van der Waals surface area (Å²) in [4.78, 5) is 6.43. The van der Waals surface area contributed by atoms with Crippen LogP contribution in [0.5, 0.6) is 0 Å². The first-order valence-electron chi connectivity index (χ1n) is 3.18. The summed E-state index contributed by atoms with van der Waals surface area (Å²) < 4.78 is 12.8. The van der Waals surface area contributed by atoms with Gasteiger partial charge in [0.05, 0.1) is 0 Å². The second-order valence-electron chi connectivity index (χ2n) is 2.02. The normalized spacial score (nSPS) is 13.4. The second kappa shape index (κ2) is 3.31. The summed E-state index contributed by atoms with van der Waals surface area (Å²) in [7, 11) is 0. The minimum absolute atomic E-state index is 0.327. The lowest BCUT2D eigenvalue weighted by Crippen LogP contribution is -2.04. The molecule has 0 spiro atoms. The van der Waals surface area contributed by atoms with Crippen molar-refractivity contribution in [3.05, 3.63) is 18.2 Å². The van der Waals surface area contributed by atoms with E-state index in [1.807, 2.05) is 0 Å². The highest BCUT2D eigenvalue weighted by Crippen LogP contribution is 2.14. The zero-order chi connectivity index (χ0) is 7.40. The summed E-state index contributed by atoms with van der Waals surface area (Å²) >= 11 is 0. The van der Waals surface area contributed by atoms with Gasteiger partial charge in [-0.2, -0.15) is 0 Å². The van der Waals surface area contributed by atoms with E-state index in [1.54, 1.807) is 6.20 Å². The van der Waals surface area contributed by atoms with Crippen LogP contribution in [0.4, 0.5) is 4.39 Å². The van der Waals surface area contributed by atoms with E-state index in [0.717, 1.165) is 0 Å². The molecular weight excluding hydrogens is 133 g/mol. The lowest BCUT2D eigenvalue weighted by Gasteiger charge is -2.00. The molecule has 1 rings (SSSR count). The van der Waals surface area contributed by atoms with Gasteiger partial charge in [-0.05, 0) is 13.0 Å². The highest BCUT2D eigenvalue weighted by Gasteiger charge is 2.09. The van der Waals surface area contributed by atoms with E-state index in [0.29, 0.717) is 18.8 Å². The molecule has 0 bridgehead atoms. The monoisotopic (exact) mass is 143 g/mol. The zero-order valence-corrected chi connectivity index (χ0v) is 5.55. The molecule has 0 saturated carbocycles. The first-order chi connectivity index (χ1) is 4.84. The first kappa shape index (κ1) is 7.21. The number of hydrogen-bond acceptors (Lipinski definition) is 2. The number of H-pyrrole nitrogens is 1. The number of nitrogens with zero attached hydrogens (tertiary/aromatic N) is 1. The molecule has 1 heterocycles. The standard InChI is InChI=1S/C6H10FN3/c7-5(1-2-8)6-9-3-4-10-6/h3-5H,1-2,8H2,(H,9,10). The van der Waals surface area contributed by atoms with Gasteiger partial charge in [0.1, 0.15) is 5.82 Å². The molecule has 56 valence electrons. The predicted molar refractivity (Wildman–Crippen MR) is 36.1 cm³/mol. The van der Waals surface area contributed by atoms with Gasteiger partial charge in [-0.3, -0.25) is 0 Å². The Morgan fingerprint density at radius 3 is 3.10 bits per heavy atom. The summed E-state index contributed by atoms with van der Waals surface area (Å²) in [5.41, 5.74) is 5.15. The van der Waals surface area contributed by atoms with E-state index in [-0.39, 0.29) is 0 Å². The third-order valence-corrected chi connectivity index (χ3v) is 1.24. The van der Waals surface area contributed by atoms with Gasteiger partial charge in [0.15, 0.2) is 6.17 Å². The van der Waals surface area contributed by atoms with E-state index >= 15 is 0 Å². The molecule has 1 aromatic rings. The molecule has 0 aliphatic rings. The number of aromatic nitrogens is 2. The number of imidazole rings is 1. The molecule has 0 fully saturated rings. The number of alkyl halides is 1. The zero-order valence-electron chi connectivity index (χ0n) is 5.55. The molecule has 1 aromatic heterocycles. The van der Waals surface area contributed by atoms with Crippen LogP contribution < -0.4 is 5.73 Å². The van der Waals surface area contributed by atoms with Gasteiger partial charge in [-0.1, -0.05) is 0 Å². The fourth-order valence-electron chi connectivity index (χ4n) is 0.732. The van der Waals surface area contributed by atoms with Gasteiger partial charge in [0.2, 0.25) is 0 Å². The molecule has 0 saturated heterocycles. The Kier molecular flexibility index (Phi) is 2.39. The maximum absolute atomic E-state index is 12.8. The quantitative estimate of drug-likeness (QED) is 0.656. The third kappa shape index (κ3) is 1.54. The summed E-state index contributed by atoms with van der Waals surface area (Å²) in [5, 5.41) is 0. The van der Waals surface area contributed by atoms with E-state index in [9.17, 15) is 4.39 Å². The summed E-state index contributed by atoms with van der Waals surface area (Å²) in [6.45, 7) is 0.349. The van der Waals surface area contributed by atoms with Gasteiger partial charge in [-0.25, -0.2) is 9.37 Å². The average Bonchev–Trinajstić information content (AvgIpc) is 2.38. The van der Waals surface area contributed by atoms with Crippen molar-refractivity contribution in [2.45, 2.75) is 12.6 Å². The van der Waals surface area contributed by atoms with Gasteiger partial charge in [-0.15, -0.1) is 0 Å². The van der Waals surface area contributed by atoms with Crippen LogP contribution in [-0.4, -0.2) is 16.5 Å². The van der Waals surface area contributed by atoms with Crippen LogP contribution in [-0.2, 0) is 0 Å². The van der Waals surface area contributed by atoms with Crippen LogP contribution in [0, 0.1) is 0 Å². The molecule has 1 atom stereocenters. The fraction of sp³-hybridized carbons (Fsp3) is 0.500. The second-order valence-corrected chi connectivity index (χ2v) is 2.02. The van der Waals surface area contributed by atoms with E-state index in [1.165, 1.54) is 6.20 Å². The minimum Gasteiger partial charge on any atom is -0.346 e. The van der Waals surface area contributed by atoms with Crippen molar-refractivity contribution in [1.82, 2.24) is 9.97 Å². The van der Waals surface area contributed by atoms with E-state index in [2.05, 4.69) is 9.97 Å². The largest absolute Gasteiger partial charge is 0.346 e. The fourth-order valence-corrected chi connectivity index (χ4v) is 0.732. The smallest absolute Gasteiger partial charge is 0.159 e. The van der Waals surface area contributed by atoms with E-state index in [4.69, 9.17) is 5.73 Å². The Balaban J connectivity index is 2.50. The lowest BCUT2D eigenvalue weighted by molar-refractivity contribution is 0.314. The topological polar surface area (TPSA) is 54.7 Å². The molecule has 0 amide bonds. The molecule has 0 radical (unpaired) electrons. The Morgan fingerprint density at radius 1 is 1.80 bits per heavy atom. The Hall–Kier alpha value is -0.900. The SMILES string of the molecule is NCCC(F)c1ncc[nH]1. The molecule has 0 aliphatic heterocycles. The van der Waals surface area contributed by atoms with Crippen LogP contribution in [0.1, 0.15) is 18.4 Å². The van der Waals surface area contributed by atoms with Crippen molar-refractivity contribution < 1.29 is 4.39 Å². The predicted octanol–water partition coefficient (Wildman–Crippen LogP) is 0.769. The molecule has 3 N–H and O–H groups in total. The van der Waals surface area contributed by atoms with Crippen molar-refractivity contribution in [3.8, 4) is 0 Å². The van der Waals surface area contributed by atoms with Crippen LogP contribution in [0.25, 0.3) is 0 Å². The van der Waals surface area contributed by atoms with Gasteiger partial charge in [0.25, 0.3) is 0 Å². The maximum atomic E-state index is 12.8. The summed E-state index contributed by atoms with van der Waals surface area (Å²) in [6, 6.07) is 0. The van der Waals surface area contributed by atoms with Crippen LogP contribution in [0.3, 0.4) is 0 Å².